The molecule has 0 aliphatic carbocycles. The van der Waals surface area contributed by atoms with Crippen LogP contribution in [0.4, 0.5) is 0 Å². The number of hydrogen-bond donors (Lipinski definition) is 1. The van der Waals surface area contributed by atoms with Crippen molar-refractivity contribution in [3.63, 3.8) is 0 Å². The van der Waals surface area contributed by atoms with E-state index in [1.54, 1.807) is 18.4 Å². The lowest BCUT2D eigenvalue weighted by atomic mass is 10.3. The van der Waals surface area contributed by atoms with Crippen molar-refractivity contribution < 1.29 is 4.79 Å². The molecule has 0 bridgehead atoms. The first kappa shape index (κ1) is 10.7. The molecule has 0 aliphatic heterocycles. The molecular formula is C9H11N5OS. The highest BCUT2D eigenvalue weighted by molar-refractivity contribution is 7.10. The van der Waals surface area contributed by atoms with Gasteiger partial charge in [-0.15, -0.1) is 16.4 Å². The van der Waals surface area contributed by atoms with Gasteiger partial charge in [0.2, 0.25) is 5.91 Å². The molecule has 0 atom stereocenters. The Morgan fingerprint density at radius 2 is 2.50 bits per heavy atom. The fourth-order valence-electron chi connectivity index (χ4n) is 1.21. The fourth-order valence-corrected chi connectivity index (χ4v) is 1.91. The van der Waals surface area contributed by atoms with E-state index < -0.39 is 0 Å². The summed E-state index contributed by atoms with van der Waals surface area (Å²) in [5.74, 6) is 0.616. The summed E-state index contributed by atoms with van der Waals surface area (Å²) in [5, 5.41) is 15.7. The number of nitrogens with one attached hydrogen (secondary N) is 1. The summed E-state index contributed by atoms with van der Waals surface area (Å²) in [6, 6.07) is 3.87. The molecule has 7 heteroatoms. The molecule has 2 aromatic rings. The van der Waals surface area contributed by atoms with Gasteiger partial charge in [-0.05, 0) is 21.9 Å². The molecule has 16 heavy (non-hydrogen) atoms. The Balaban J connectivity index is 1.82. The molecule has 6 nitrogen and oxygen atoms in total. The van der Waals surface area contributed by atoms with Gasteiger partial charge < -0.3 is 5.32 Å². The summed E-state index contributed by atoms with van der Waals surface area (Å²) < 4.78 is 1.53. The number of amides is 1. The molecule has 1 N–H and O–H groups in total. The summed E-state index contributed by atoms with van der Waals surface area (Å²) in [7, 11) is 1.74. The summed E-state index contributed by atoms with van der Waals surface area (Å²) in [6.45, 7) is 0.355. The number of tetrazole rings is 1. The quantitative estimate of drug-likeness (QED) is 0.820. The zero-order valence-electron chi connectivity index (χ0n) is 8.75. The number of aromatic nitrogens is 4. The molecule has 84 valence electrons. The second kappa shape index (κ2) is 4.84. The molecule has 1 amide bonds. The van der Waals surface area contributed by atoms with Gasteiger partial charge in [0.25, 0.3) is 0 Å². The molecule has 0 saturated carbocycles. The lowest BCUT2D eigenvalue weighted by Crippen LogP contribution is -2.25. The SMILES string of the molecule is Cn1nnnc1CNC(=O)Cc1cccs1. The summed E-state index contributed by atoms with van der Waals surface area (Å²) in [4.78, 5) is 12.6. The first-order valence-electron chi connectivity index (χ1n) is 4.76. The molecule has 2 heterocycles. The molecule has 0 radical (unpaired) electrons. The highest BCUT2D eigenvalue weighted by atomic mass is 32.1. The van der Waals surface area contributed by atoms with Crippen LogP contribution in [0.1, 0.15) is 10.7 Å². The van der Waals surface area contributed by atoms with Crippen molar-refractivity contribution in [2.24, 2.45) is 7.05 Å². The number of rotatable bonds is 4. The molecule has 0 unspecified atom stereocenters. The number of carbonyl (C=O) groups is 1. The van der Waals surface area contributed by atoms with Crippen LogP contribution < -0.4 is 5.32 Å². The molecule has 0 spiro atoms. The van der Waals surface area contributed by atoms with Gasteiger partial charge in [-0.1, -0.05) is 6.07 Å². The van der Waals surface area contributed by atoms with Gasteiger partial charge in [0.1, 0.15) is 0 Å². The van der Waals surface area contributed by atoms with E-state index in [1.165, 1.54) is 4.68 Å². The van der Waals surface area contributed by atoms with Crippen molar-refractivity contribution >= 4 is 17.2 Å². The highest BCUT2D eigenvalue weighted by Crippen LogP contribution is 2.08. The monoisotopic (exact) mass is 237 g/mol. The van der Waals surface area contributed by atoms with Gasteiger partial charge in [-0.25, -0.2) is 4.68 Å². The van der Waals surface area contributed by atoms with Gasteiger partial charge in [-0.2, -0.15) is 0 Å². The summed E-state index contributed by atoms with van der Waals surface area (Å²) in [6.07, 6.45) is 0.406. The van der Waals surface area contributed by atoms with Crippen LogP contribution >= 0.6 is 11.3 Å². The lowest BCUT2D eigenvalue weighted by molar-refractivity contribution is -0.120. The molecule has 2 rings (SSSR count). The molecule has 0 saturated heterocycles. The Labute approximate surface area is 96.3 Å². The maximum Gasteiger partial charge on any atom is 0.225 e. The van der Waals surface area contributed by atoms with Crippen LogP contribution in [-0.4, -0.2) is 26.1 Å². The molecule has 2 aromatic heterocycles. The van der Waals surface area contributed by atoms with Crippen molar-refractivity contribution in [2.75, 3.05) is 0 Å². The van der Waals surface area contributed by atoms with Crippen molar-refractivity contribution in [3.8, 4) is 0 Å². The smallest absolute Gasteiger partial charge is 0.225 e. The van der Waals surface area contributed by atoms with Crippen LogP contribution in [0.3, 0.4) is 0 Å². The predicted molar refractivity (Wildman–Crippen MR) is 58.7 cm³/mol. The number of thiophene rings is 1. The van der Waals surface area contributed by atoms with E-state index in [-0.39, 0.29) is 5.91 Å². The van der Waals surface area contributed by atoms with Crippen LogP contribution in [-0.2, 0) is 24.8 Å². The topological polar surface area (TPSA) is 72.7 Å². The average Bonchev–Trinajstić information content (AvgIpc) is 2.87. The van der Waals surface area contributed by atoms with Gasteiger partial charge in [0.05, 0.1) is 13.0 Å². The Hall–Kier alpha value is -1.76. The minimum absolute atomic E-state index is 0.0227. The number of nitrogens with zero attached hydrogens (tertiary/aromatic N) is 4. The Morgan fingerprint density at radius 1 is 1.62 bits per heavy atom. The maximum absolute atomic E-state index is 11.5. The van der Waals surface area contributed by atoms with E-state index in [4.69, 9.17) is 0 Å². The van der Waals surface area contributed by atoms with Gasteiger partial charge in [0.15, 0.2) is 5.82 Å². The minimum Gasteiger partial charge on any atom is -0.348 e. The molecule has 0 fully saturated rings. The van der Waals surface area contributed by atoms with Crippen LogP contribution in [0.2, 0.25) is 0 Å². The zero-order valence-corrected chi connectivity index (χ0v) is 9.57. The Bertz CT molecular complexity index is 464. The number of carbonyl (C=O) groups excluding carboxylic acids is 1. The van der Waals surface area contributed by atoms with Gasteiger partial charge >= 0.3 is 0 Å². The van der Waals surface area contributed by atoms with E-state index in [9.17, 15) is 4.79 Å². The summed E-state index contributed by atoms with van der Waals surface area (Å²) in [5.41, 5.74) is 0. The Kier molecular flexibility index (Phi) is 3.25. The number of hydrogen-bond acceptors (Lipinski definition) is 5. The van der Waals surface area contributed by atoms with E-state index in [0.29, 0.717) is 18.8 Å². The molecular weight excluding hydrogens is 226 g/mol. The van der Waals surface area contributed by atoms with E-state index >= 15 is 0 Å². The first-order valence-corrected chi connectivity index (χ1v) is 5.64. The largest absolute Gasteiger partial charge is 0.348 e. The average molecular weight is 237 g/mol. The van der Waals surface area contributed by atoms with Crippen LogP contribution in [0.5, 0.6) is 0 Å². The molecule has 0 aromatic carbocycles. The van der Waals surface area contributed by atoms with E-state index in [1.807, 2.05) is 17.5 Å². The first-order chi connectivity index (χ1) is 7.75. The number of aryl methyl sites for hydroxylation is 1. The van der Waals surface area contributed by atoms with Gasteiger partial charge in [0, 0.05) is 11.9 Å². The van der Waals surface area contributed by atoms with E-state index in [0.717, 1.165) is 4.88 Å². The second-order valence-corrected chi connectivity index (χ2v) is 4.28. The Morgan fingerprint density at radius 3 is 3.12 bits per heavy atom. The van der Waals surface area contributed by atoms with E-state index in [2.05, 4.69) is 20.8 Å². The van der Waals surface area contributed by atoms with Gasteiger partial charge in [-0.3, -0.25) is 4.79 Å². The predicted octanol–water partition coefficient (Wildman–Crippen LogP) is 0.130. The maximum atomic E-state index is 11.5. The van der Waals surface area contributed by atoms with Crippen molar-refractivity contribution in [1.82, 2.24) is 25.5 Å². The van der Waals surface area contributed by atoms with Crippen molar-refractivity contribution in [2.45, 2.75) is 13.0 Å². The van der Waals surface area contributed by atoms with Crippen LogP contribution in [0, 0.1) is 0 Å². The zero-order chi connectivity index (χ0) is 11.4. The standard InChI is InChI=1S/C9H11N5OS/c1-14-8(11-12-13-14)6-10-9(15)5-7-3-2-4-16-7/h2-4H,5-6H2,1H3,(H,10,15). The molecule has 0 aliphatic rings. The summed E-state index contributed by atoms with van der Waals surface area (Å²) >= 11 is 1.57. The van der Waals surface area contributed by atoms with Crippen LogP contribution in [0.15, 0.2) is 17.5 Å². The lowest BCUT2D eigenvalue weighted by Gasteiger charge is -2.02. The van der Waals surface area contributed by atoms with Crippen LogP contribution in [0.25, 0.3) is 0 Å². The second-order valence-electron chi connectivity index (χ2n) is 3.25. The third-order valence-electron chi connectivity index (χ3n) is 2.07. The third kappa shape index (κ3) is 2.63. The van der Waals surface area contributed by atoms with Crippen molar-refractivity contribution in [1.29, 1.82) is 0 Å². The third-order valence-corrected chi connectivity index (χ3v) is 2.94. The normalized spacial score (nSPS) is 10.3. The van der Waals surface area contributed by atoms with Crippen molar-refractivity contribution in [3.05, 3.63) is 28.2 Å². The highest BCUT2D eigenvalue weighted by Gasteiger charge is 2.06. The fraction of sp³-hybridized carbons (Fsp3) is 0.333. The minimum atomic E-state index is -0.0227.